The Morgan fingerprint density at radius 3 is 2.84 bits per heavy atom. The van der Waals surface area contributed by atoms with Crippen molar-refractivity contribution in [3.05, 3.63) is 35.9 Å². The lowest BCUT2D eigenvalue weighted by atomic mass is 10.0. The molecule has 0 radical (unpaired) electrons. The molecule has 4 nitrogen and oxygen atoms in total. The largest absolute Gasteiger partial charge is 0.399 e. The van der Waals surface area contributed by atoms with Crippen LogP contribution >= 0.6 is 0 Å². The molecule has 4 heteroatoms. The maximum Gasteiger partial charge on any atom is 0.244 e. The summed E-state index contributed by atoms with van der Waals surface area (Å²) in [6.45, 7) is 3.56. The zero-order valence-electron chi connectivity index (χ0n) is 11.1. The molecule has 1 saturated heterocycles. The first-order valence-corrected chi connectivity index (χ1v) is 6.57. The van der Waals surface area contributed by atoms with Crippen LogP contribution in [0, 0.1) is 5.92 Å². The minimum atomic E-state index is -0.0729. The molecule has 1 aromatic carbocycles. The molecule has 1 heterocycles. The van der Waals surface area contributed by atoms with Gasteiger partial charge in [0, 0.05) is 30.3 Å². The van der Waals surface area contributed by atoms with E-state index in [-0.39, 0.29) is 11.9 Å². The summed E-state index contributed by atoms with van der Waals surface area (Å²) in [5.41, 5.74) is 7.28. The zero-order valence-corrected chi connectivity index (χ0v) is 11.1. The molecule has 2 rings (SSSR count). The fraction of sp³-hybridized carbons (Fsp3) is 0.400. The van der Waals surface area contributed by atoms with Crippen LogP contribution in [0.2, 0.25) is 0 Å². The highest BCUT2D eigenvalue weighted by molar-refractivity contribution is 5.91. The number of amides is 1. The molecule has 1 aliphatic heterocycles. The van der Waals surface area contributed by atoms with Gasteiger partial charge in [-0.05, 0) is 37.1 Å². The van der Waals surface area contributed by atoms with Gasteiger partial charge in [-0.25, -0.2) is 0 Å². The van der Waals surface area contributed by atoms with E-state index in [1.807, 2.05) is 31.2 Å². The van der Waals surface area contributed by atoms with Gasteiger partial charge in [0.1, 0.15) is 0 Å². The van der Waals surface area contributed by atoms with Crippen molar-refractivity contribution in [1.82, 2.24) is 5.32 Å². The topological polar surface area (TPSA) is 64.4 Å². The van der Waals surface area contributed by atoms with E-state index in [0.717, 1.165) is 30.9 Å². The molecule has 1 aliphatic rings. The highest BCUT2D eigenvalue weighted by Crippen LogP contribution is 2.16. The summed E-state index contributed by atoms with van der Waals surface area (Å²) in [5, 5.41) is 2.97. The van der Waals surface area contributed by atoms with E-state index in [4.69, 9.17) is 10.5 Å². The first-order chi connectivity index (χ1) is 9.15. The summed E-state index contributed by atoms with van der Waals surface area (Å²) in [4.78, 5) is 11.8. The number of rotatable bonds is 4. The highest BCUT2D eigenvalue weighted by atomic mass is 16.5. The Labute approximate surface area is 113 Å². The molecule has 3 N–H and O–H groups in total. The van der Waals surface area contributed by atoms with Crippen molar-refractivity contribution in [2.45, 2.75) is 19.4 Å². The maximum atomic E-state index is 11.8. The number of ether oxygens (including phenoxy) is 1. The van der Waals surface area contributed by atoms with E-state index in [1.165, 1.54) is 0 Å². The van der Waals surface area contributed by atoms with E-state index >= 15 is 0 Å². The third-order valence-corrected chi connectivity index (χ3v) is 3.41. The standard InChI is InChI=1S/C15H20N2O2/c1-11(13-8-9-19-10-13)17-15(18)7-4-12-2-5-14(16)6-3-12/h2-7,11,13H,8-10,16H2,1H3,(H,17,18)/b7-4+. The number of nitrogens with two attached hydrogens (primary N) is 1. The van der Waals surface area contributed by atoms with Crippen LogP contribution in [0.3, 0.4) is 0 Å². The van der Waals surface area contributed by atoms with E-state index in [2.05, 4.69) is 5.32 Å². The molecule has 0 aromatic heterocycles. The fourth-order valence-electron chi connectivity index (χ4n) is 2.12. The van der Waals surface area contributed by atoms with Gasteiger partial charge in [0.25, 0.3) is 0 Å². The van der Waals surface area contributed by atoms with Gasteiger partial charge in [0.15, 0.2) is 0 Å². The van der Waals surface area contributed by atoms with Crippen molar-refractivity contribution in [3.8, 4) is 0 Å². The Morgan fingerprint density at radius 1 is 1.47 bits per heavy atom. The van der Waals surface area contributed by atoms with Crippen molar-refractivity contribution in [2.24, 2.45) is 5.92 Å². The number of hydrogen-bond acceptors (Lipinski definition) is 3. The molecule has 2 unspecified atom stereocenters. The molecule has 1 amide bonds. The zero-order chi connectivity index (χ0) is 13.7. The summed E-state index contributed by atoms with van der Waals surface area (Å²) < 4.78 is 5.32. The van der Waals surface area contributed by atoms with Crippen LogP contribution < -0.4 is 11.1 Å². The molecule has 0 spiro atoms. The average Bonchev–Trinajstić information content (AvgIpc) is 2.92. The van der Waals surface area contributed by atoms with Gasteiger partial charge in [-0.2, -0.15) is 0 Å². The third kappa shape index (κ3) is 4.10. The van der Waals surface area contributed by atoms with Gasteiger partial charge in [-0.3, -0.25) is 4.79 Å². The van der Waals surface area contributed by atoms with Gasteiger partial charge in [-0.15, -0.1) is 0 Å². The quantitative estimate of drug-likeness (QED) is 0.641. The SMILES string of the molecule is CC(NC(=O)/C=C/c1ccc(N)cc1)C1CCOC1. The minimum Gasteiger partial charge on any atom is -0.399 e. The first-order valence-electron chi connectivity index (χ1n) is 6.57. The number of benzene rings is 1. The second-order valence-corrected chi connectivity index (χ2v) is 4.92. The number of nitrogen functional groups attached to an aromatic ring is 1. The van der Waals surface area contributed by atoms with E-state index in [9.17, 15) is 4.79 Å². The Kier molecular flexibility index (Phi) is 4.58. The molecular formula is C15H20N2O2. The van der Waals surface area contributed by atoms with Crippen molar-refractivity contribution in [1.29, 1.82) is 0 Å². The van der Waals surface area contributed by atoms with E-state index < -0.39 is 0 Å². The minimum absolute atomic E-state index is 0.0729. The van der Waals surface area contributed by atoms with Gasteiger partial charge < -0.3 is 15.8 Å². The van der Waals surface area contributed by atoms with Gasteiger partial charge in [0.05, 0.1) is 6.61 Å². The predicted octanol–water partition coefficient (Wildman–Crippen LogP) is 1.82. The summed E-state index contributed by atoms with van der Waals surface area (Å²) >= 11 is 0. The van der Waals surface area contributed by atoms with E-state index in [1.54, 1.807) is 12.2 Å². The smallest absolute Gasteiger partial charge is 0.244 e. The first kappa shape index (κ1) is 13.6. The molecular weight excluding hydrogens is 240 g/mol. The molecule has 2 atom stereocenters. The monoisotopic (exact) mass is 260 g/mol. The summed E-state index contributed by atoms with van der Waals surface area (Å²) in [7, 11) is 0. The molecule has 19 heavy (non-hydrogen) atoms. The molecule has 0 bridgehead atoms. The second kappa shape index (κ2) is 6.38. The van der Waals surface area contributed by atoms with Crippen LogP contribution in [0.5, 0.6) is 0 Å². The van der Waals surface area contributed by atoms with Crippen LogP contribution in [-0.4, -0.2) is 25.2 Å². The number of carbonyl (C=O) groups is 1. The lowest BCUT2D eigenvalue weighted by molar-refractivity contribution is -0.117. The molecule has 0 aliphatic carbocycles. The van der Waals surface area contributed by atoms with Crippen LogP contribution in [0.25, 0.3) is 6.08 Å². The van der Waals surface area contributed by atoms with Gasteiger partial charge >= 0.3 is 0 Å². The predicted molar refractivity (Wildman–Crippen MR) is 76.4 cm³/mol. The van der Waals surface area contributed by atoms with Crippen molar-refractivity contribution >= 4 is 17.7 Å². The average molecular weight is 260 g/mol. The van der Waals surface area contributed by atoms with Crippen molar-refractivity contribution < 1.29 is 9.53 Å². The molecule has 102 valence electrons. The van der Waals surface area contributed by atoms with Crippen LogP contribution in [0.15, 0.2) is 30.3 Å². The van der Waals surface area contributed by atoms with Crippen LogP contribution in [-0.2, 0) is 9.53 Å². The Morgan fingerprint density at radius 2 is 2.21 bits per heavy atom. The normalized spacial score (nSPS) is 20.6. The Bertz CT molecular complexity index is 448. The number of nitrogens with one attached hydrogen (secondary N) is 1. The maximum absolute atomic E-state index is 11.8. The fourth-order valence-corrected chi connectivity index (χ4v) is 2.12. The summed E-state index contributed by atoms with van der Waals surface area (Å²) in [6, 6.07) is 7.54. The lowest BCUT2D eigenvalue weighted by Gasteiger charge is -2.18. The summed E-state index contributed by atoms with van der Waals surface area (Å²) in [5.74, 6) is 0.352. The van der Waals surface area contributed by atoms with Crippen molar-refractivity contribution in [3.63, 3.8) is 0 Å². The van der Waals surface area contributed by atoms with Crippen LogP contribution in [0.4, 0.5) is 5.69 Å². The lowest BCUT2D eigenvalue weighted by Crippen LogP contribution is -2.37. The molecule has 1 fully saturated rings. The Balaban J connectivity index is 1.84. The number of hydrogen-bond donors (Lipinski definition) is 2. The van der Waals surface area contributed by atoms with Crippen LogP contribution in [0.1, 0.15) is 18.9 Å². The Hall–Kier alpha value is -1.81. The summed E-state index contributed by atoms with van der Waals surface area (Å²) in [6.07, 6.45) is 4.35. The van der Waals surface area contributed by atoms with Crippen molar-refractivity contribution in [2.75, 3.05) is 18.9 Å². The highest BCUT2D eigenvalue weighted by Gasteiger charge is 2.22. The molecule has 0 saturated carbocycles. The van der Waals surface area contributed by atoms with Gasteiger partial charge in [-0.1, -0.05) is 12.1 Å². The van der Waals surface area contributed by atoms with Gasteiger partial charge in [0.2, 0.25) is 5.91 Å². The third-order valence-electron chi connectivity index (χ3n) is 3.41. The number of carbonyl (C=O) groups excluding carboxylic acids is 1. The number of anilines is 1. The second-order valence-electron chi connectivity index (χ2n) is 4.92. The molecule has 1 aromatic rings. The van der Waals surface area contributed by atoms with E-state index in [0.29, 0.717) is 5.92 Å².